The first-order chi connectivity index (χ1) is 5.10. The summed E-state index contributed by atoms with van der Waals surface area (Å²) >= 11 is 1.80. The van der Waals surface area contributed by atoms with Crippen molar-refractivity contribution in [2.75, 3.05) is 5.75 Å². The molecule has 0 aromatic rings. The first-order valence-corrected chi connectivity index (χ1v) is 6.98. The number of hydrogen-bond donors (Lipinski definition) is 1. The van der Waals surface area contributed by atoms with E-state index in [-0.39, 0.29) is 0 Å². The summed E-state index contributed by atoms with van der Waals surface area (Å²) in [6, 6.07) is 0. The third-order valence-electron chi connectivity index (χ3n) is 0.769. The van der Waals surface area contributed by atoms with E-state index in [4.69, 9.17) is 4.55 Å². The lowest BCUT2D eigenvalue weighted by atomic mass is 11.0. The molecule has 1 unspecified atom stereocenters. The van der Waals surface area contributed by atoms with Gasteiger partial charge in [0.15, 0.2) is 4.16 Å². The summed E-state index contributed by atoms with van der Waals surface area (Å²) in [4.78, 5) is 0. The van der Waals surface area contributed by atoms with Crippen molar-refractivity contribution >= 4 is 36.3 Å². The molecule has 0 aliphatic rings. The second kappa shape index (κ2) is 2.49. The SMILES string of the molecule is O=S(=O)(O)C(Br)CS(F)(F)(F)(F)F. The average molecular weight is 315 g/mol. The summed E-state index contributed by atoms with van der Waals surface area (Å²) in [7, 11) is -15.0. The van der Waals surface area contributed by atoms with E-state index in [0.717, 1.165) is 0 Å². The van der Waals surface area contributed by atoms with E-state index in [0.29, 0.717) is 0 Å². The zero-order chi connectivity index (χ0) is 11.2. The van der Waals surface area contributed by atoms with Gasteiger partial charge in [0.05, 0.1) is 0 Å². The van der Waals surface area contributed by atoms with Crippen molar-refractivity contribution < 1.29 is 32.4 Å². The Labute approximate surface area is 78.9 Å². The molecule has 1 N–H and O–H groups in total. The normalized spacial score (nSPS) is 21.8. The summed E-state index contributed by atoms with van der Waals surface area (Å²) in [5.74, 6) is -2.89. The highest BCUT2D eigenvalue weighted by Crippen LogP contribution is 2.98. The van der Waals surface area contributed by atoms with E-state index in [2.05, 4.69) is 0 Å². The minimum absolute atomic E-state index is 1.80. The summed E-state index contributed by atoms with van der Waals surface area (Å²) < 4.78 is 83.2. The van der Waals surface area contributed by atoms with Crippen LogP contribution in [0.1, 0.15) is 0 Å². The predicted octanol–water partition coefficient (Wildman–Crippen LogP) is 2.89. The van der Waals surface area contributed by atoms with Crippen molar-refractivity contribution in [1.29, 1.82) is 0 Å². The van der Waals surface area contributed by atoms with Crippen LogP contribution in [0.2, 0.25) is 0 Å². The van der Waals surface area contributed by atoms with Gasteiger partial charge in [0.2, 0.25) is 0 Å². The van der Waals surface area contributed by atoms with Crippen LogP contribution < -0.4 is 0 Å². The molecule has 0 saturated heterocycles. The molecular formula is C2H4BrF5O3S2. The Morgan fingerprint density at radius 3 is 1.62 bits per heavy atom. The molecule has 0 heterocycles. The highest BCUT2D eigenvalue weighted by atomic mass is 79.9. The van der Waals surface area contributed by atoms with Gasteiger partial charge < -0.3 is 0 Å². The van der Waals surface area contributed by atoms with Gasteiger partial charge in [0.25, 0.3) is 20.3 Å². The van der Waals surface area contributed by atoms with Crippen molar-refractivity contribution in [3.05, 3.63) is 0 Å². The van der Waals surface area contributed by atoms with Crippen molar-refractivity contribution in [3.63, 3.8) is 0 Å². The minimum atomic E-state index is -9.81. The van der Waals surface area contributed by atoms with Gasteiger partial charge in [-0.2, -0.15) is 8.42 Å². The molecule has 0 radical (unpaired) electrons. The maximum atomic E-state index is 11.6. The lowest BCUT2D eigenvalue weighted by Gasteiger charge is -2.40. The van der Waals surface area contributed by atoms with Crippen LogP contribution >= 0.6 is 26.2 Å². The second-order valence-corrected chi connectivity index (χ2v) is 8.12. The zero-order valence-corrected chi connectivity index (χ0v) is 8.85. The van der Waals surface area contributed by atoms with Crippen LogP contribution in [0.5, 0.6) is 0 Å². The van der Waals surface area contributed by atoms with E-state index < -0.39 is 30.3 Å². The van der Waals surface area contributed by atoms with Crippen LogP contribution in [-0.4, -0.2) is 22.9 Å². The second-order valence-electron chi connectivity index (χ2n) is 2.22. The summed E-state index contributed by atoms with van der Waals surface area (Å²) in [5, 5.41) is 0. The minimum Gasteiger partial charge on any atom is -0.285 e. The van der Waals surface area contributed by atoms with Gasteiger partial charge in [-0.05, 0) is 0 Å². The van der Waals surface area contributed by atoms with E-state index in [9.17, 15) is 27.8 Å². The number of rotatable bonds is 3. The van der Waals surface area contributed by atoms with Gasteiger partial charge in [0.1, 0.15) is 5.75 Å². The monoisotopic (exact) mass is 314 g/mol. The third kappa shape index (κ3) is 7.46. The standard InChI is InChI=1S/C2H4BrF5O3S2/c3-2(12(9,10)11)1-13(4,5,6,7)8/h2H,1H2,(H,9,10,11). The molecule has 13 heavy (non-hydrogen) atoms. The highest BCUT2D eigenvalue weighted by Gasteiger charge is 2.65. The Morgan fingerprint density at radius 1 is 1.23 bits per heavy atom. The van der Waals surface area contributed by atoms with Gasteiger partial charge in [-0.1, -0.05) is 35.4 Å². The van der Waals surface area contributed by atoms with Crippen LogP contribution in [-0.2, 0) is 10.1 Å². The largest absolute Gasteiger partial charge is 0.287 e. The summed E-state index contributed by atoms with van der Waals surface area (Å²) in [6.45, 7) is 0. The Bertz CT molecular complexity index is 303. The van der Waals surface area contributed by atoms with Crippen molar-refractivity contribution in [1.82, 2.24) is 0 Å². The lowest BCUT2D eigenvalue weighted by molar-refractivity contribution is 0.364. The molecule has 3 nitrogen and oxygen atoms in total. The maximum Gasteiger partial charge on any atom is 0.287 e. The molecule has 0 aromatic carbocycles. The molecule has 11 heteroatoms. The van der Waals surface area contributed by atoms with Crippen LogP contribution in [0.4, 0.5) is 19.4 Å². The van der Waals surface area contributed by atoms with E-state index >= 15 is 0 Å². The molecule has 0 aromatic heterocycles. The molecule has 0 spiro atoms. The molecule has 0 aliphatic carbocycles. The van der Waals surface area contributed by atoms with E-state index in [1.165, 1.54) is 0 Å². The van der Waals surface area contributed by atoms with Crippen LogP contribution in [0.15, 0.2) is 0 Å². The predicted molar refractivity (Wildman–Crippen MR) is 42.3 cm³/mol. The molecule has 0 saturated carbocycles. The number of hydrogen-bond acceptors (Lipinski definition) is 2. The van der Waals surface area contributed by atoms with Gasteiger partial charge in [-0.25, -0.2) is 0 Å². The smallest absolute Gasteiger partial charge is 0.285 e. The van der Waals surface area contributed by atoms with Crippen molar-refractivity contribution in [2.24, 2.45) is 0 Å². The van der Waals surface area contributed by atoms with Crippen LogP contribution in [0.25, 0.3) is 0 Å². The van der Waals surface area contributed by atoms with Gasteiger partial charge in [0, 0.05) is 0 Å². The molecule has 0 rings (SSSR count). The fraction of sp³-hybridized carbons (Fsp3) is 1.00. The maximum absolute atomic E-state index is 11.6. The van der Waals surface area contributed by atoms with E-state index in [1.54, 1.807) is 15.9 Å². The fourth-order valence-electron chi connectivity index (χ4n) is 0.334. The van der Waals surface area contributed by atoms with Crippen LogP contribution in [0, 0.1) is 0 Å². The van der Waals surface area contributed by atoms with Gasteiger partial charge >= 0.3 is 0 Å². The fourth-order valence-corrected chi connectivity index (χ4v) is 3.79. The summed E-state index contributed by atoms with van der Waals surface area (Å²) in [5.41, 5.74) is 0. The molecule has 0 fully saturated rings. The number of halogens is 6. The van der Waals surface area contributed by atoms with Gasteiger partial charge in [-0.3, -0.25) is 4.55 Å². The molecule has 0 aliphatic heterocycles. The van der Waals surface area contributed by atoms with Gasteiger partial charge in [-0.15, -0.1) is 0 Å². The Balaban J connectivity index is 4.90. The Morgan fingerprint density at radius 2 is 1.54 bits per heavy atom. The van der Waals surface area contributed by atoms with Crippen molar-refractivity contribution in [3.8, 4) is 0 Å². The Hall–Kier alpha value is 0.390. The molecule has 0 amide bonds. The zero-order valence-electron chi connectivity index (χ0n) is 5.63. The first-order valence-electron chi connectivity index (χ1n) is 2.44. The summed E-state index contributed by atoms with van der Waals surface area (Å²) in [6.07, 6.45) is 0. The highest BCUT2D eigenvalue weighted by molar-refractivity contribution is 9.11. The van der Waals surface area contributed by atoms with E-state index in [1.807, 2.05) is 0 Å². The topological polar surface area (TPSA) is 54.4 Å². The Kier molecular flexibility index (Phi) is 2.57. The molecular weight excluding hydrogens is 311 g/mol. The molecule has 1 atom stereocenters. The first kappa shape index (κ1) is 13.4. The van der Waals surface area contributed by atoms with Crippen LogP contribution in [0.3, 0.4) is 0 Å². The molecule has 84 valence electrons. The third-order valence-corrected chi connectivity index (χ3v) is 4.93. The quantitative estimate of drug-likeness (QED) is 0.495. The average Bonchev–Trinajstić information content (AvgIpc) is 1.51. The lowest BCUT2D eigenvalue weighted by Crippen LogP contribution is -2.26. The van der Waals surface area contributed by atoms with Crippen molar-refractivity contribution in [2.45, 2.75) is 4.16 Å². The number of alkyl halides is 1. The molecule has 0 bridgehead atoms.